The van der Waals surface area contributed by atoms with Gasteiger partial charge in [0.05, 0.1) is 18.6 Å². The van der Waals surface area contributed by atoms with Crippen LogP contribution in [0.4, 0.5) is 5.69 Å². The number of amides is 2. The van der Waals surface area contributed by atoms with Gasteiger partial charge in [0.1, 0.15) is 0 Å². The summed E-state index contributed by atoms with van der Waals surface area (Å²) in [5.41, 5.74) is 5.31. The van der Waals surface area contributed by atoms with Gasteiger partial charge in [0.2, 0.25) is 0 Å². The van der Waals surface area contributed by atoms with Crippen molar-refractivity contribution in [3.63, 3.8) is 0 Å². The molecule has 0 saturated heterocycles. The number of nitro benzene ring substituents is 1. The van der Waals surface area contributed by atoms with E-state index in [1.165, 1.54) is 38.3 Å². The Bertz CT molecular complexity index is 913. The maximum atomic E-state index is 12.3. The monoisotopic (exact) mass is 401 g/mol. The first kappa shape index (κ1) is 21.7. The lowest BCUT2D eigenvalue weighted by atomic mass is 10.1. The molecule has 0 spiro atoms. The van der Waals surface area contributed by atoms with Crippen molar-refractivity contribution >= 4 is 17.5 Å². The van der Waals surface area contributed by atoms with Crippen LogP contribution in [-0.2, 0) is 0 Å². The number of nitro groups is 1. The van der Waals surface area contributed by atoms with Gasteiger partial charge in [-0.2, -0.15) is 0 Å². The van der Waals surface area contributed by atoms with Gasteiger partial charge in [-0.05, 0) is 43.7 Å². The Balaban J connectivity index is 2.02. The minimum atomic E-state index is -0.595. The van der Waals surface area contributed by atoms with Crippen LogP contribution in [-0.4, -0.2) is 30.5 Å². The molecule has 0 aliphatic carbocycles. The number of carbonyl (C=O) groups is 2. The molecule has 0 aliphatic rings. The third-order valence-electron chi connectivity index (χ3n) is 4.13. The Labute approximate surface area is 168 Å². The molecule has 29 heavy (non-hydrogen) atoms. The molecule has 2 aromatic rings. The Morgan fingerprint density at radius 2 is 1.66 bits per heavy atom. The predicted octanol–water partition coefficient (Wildman–Crippen LogP) is 3.17. The molecule has 0 unspecified atom stereocenters. The van der Waals surface area contributed by atoms with E-state index >= 15 is 0 Å². The van der Waals surface area contributed by atoms with Gasteiger partial charge in [0.15, 0.2) is 11.5 Å². The summed E-state index contributed by atoms with van der Waals surface area (Å²) in [5.74, 6) is -0.202. The lowest BCUT2D eigenvalue weighted by molar-refractivity contribution is -0.385. The topological polar surface area (TPSA) is 120 Å². The number of aryl methyl sites for hydroxylation is 1. The zero-order valence-electron chi connectivity index (χ0n) is 16.5. The van der Waals surface area contributed by atoms with Crippen LogP contribution in [0.1, 0.15) is 46.0 Å². The molecule has 0 radical (unpaired) electrons. The molecular weight excluding hydrogens is 378 g/mol. The lowest BCUT2D eigenvalue weighted by Crippen LogP contribution is -2.41. The van der Waals surface area contributed by atoms with Crippen molar-refractivity contribution in [3.05, 3.63) is 63.2 Å². The first-order valence-electron chi connectivity index (χ1n) is 9.04. The summed E-state index contributed by atoms with van der Waals surface area (Å²) < 4.78 is 10.9. The number of hydrogen-bond acceptors (Lipinski definition) is 6. The zero-order valence-corrected chi connectivity index (χ0v) is 16.5. The molecule has 9 heteroatoms. The number of methoxy groups -OCH3 is 1. The highest BCUT2D eigenvalue weighted by molar-refractivity contribution is 5.99. The Kier molecular flexibility index (Phi) is 7.53. The number of hydrogen-bond donors (Lipinski definition) is 2. The molecular formula is C20H23N3O6. The van der Waals surface area contributed by atoms with E-state index in [1.807, 2.05) is 0 Å². The third-order valence-corrected chi connectivity index (χ3v) is 4.13. The van der Waals surface area contributed by atoms with Gasteiger partial charge in [-0.1, -0.05) is 13.3 Å². The predicted molar refractivity (Wildman–Crippen MR) is 106 cm³/mol. The first-order chi connectivity index (χ1) is 13.9. The minimum absolute atomic E-state index is 0.0843. The normalized spacial score (nSPS) is 10.2. The van der Waals surface area contributed by atoms with E-state index in [0.29, 0.717) is 23.7 Å². The van der Waals surface area contributed by atoms with Gasteiger partial charge in [-0.3, -0.25) is 30.6 Å². The van der Waals surface area contributed by atoms with Gasteiger partial charge in [-0.25, -0.2) is 0 Å². The van der Waals surface area contributed by atoms with Crippen molar-refractivity contribution in [2.45, 2.75) is 26.7 Å². The van der Waals surface area contributed by atoms with E-state index in [4.69, 9.17) is 9.47 Å². The summed E-state index contributed by atoms with van der Waals surface area (Å²) in [7, 11) is 1.47. The van der Waals surface area contributed by atoms with Crippen molar-refractivity contribution < 1.29 is 24.0 Å². The molecule has 0 fully saturated rings. The largest absolute Gasteiger partial charge is 0.493 e. The van der Waals surface area contributed by atoms with Crippen LogP contribution in [0.2, 0.25) is 0 Å². The fourth-order valence-corrected chi connectivity index (χ4v) is 2.51. The molecule has 9 nitrogen and oxygen atoms in total. The van der Waals surface area contributed by atoms with Crippen LogP contribution in [0, 0.1) is 17.0 Å². The van der Waals surface area contributed by atoms with Crippen LogP contribution in [0.5, 0.6) is 11.5 Å². The minimum Gasteiger partial charge on any atom is -0.493 e. The molecule has 0 aliphatic heterocycles. The second-order valence-electron chi connectivity index (χ2n) is 6.23. The maximum Gasteiger partial charge on any atom is 0.272 e. The van der Waals surface area contributed by atoms with E-state index < -0.39 is 16.7 Å². The van der Waals surface area contributed by atoms with Crippen LogP contribution in [0.25, 0.3) is 0 Å². The highest BCUT2D eigenvalue weighted by atomic mass is 16.6. The number of nitrogens with zero attached hydrogens (tertiary/aromatic N) is 1. The summed E-state index contributed by atoms with van der Waals surface area (Å²) in [6.07, 6.45) is 1.90. The summed E-state index contributed by atoms with van der Waals surface area (Å²) in [5, 5.41) is 10.9. The maximum absolute atomic E-state index is 12.3. The number of rotatable bonds is 8. The van der Waals surface area contributed by atoms with Crippen molar-refractivity contribution in [2.75, 3.05) is 13.7 Å². The summed E-state index contributed by atoms with van der Waals surface area (Å²) in [6, 6.07) is 8.64. The summed E-state index contributed by atoms with van der Waals surface area (Å²) >= 11 is 0. The second-order valence-corrected chi connectivity index (χ2v) is 6.23. The van der Waals surface area contributed by atoms with Crippen molar-refractivity contribution in [2.24, 2.45) is 0 Å². The van der Waals surface area contributed by atoms with Gasteiger partial charge >= 0.3 is 0 Å². The Morgan fingerprint density at radius 3 is 2.21 bits per heavy atom. The average molecular weight is 401 g/mol. The summed E-state index contributed by atoms with van der Waals surface area (Å²) in [4.78, 5) is 34.8. The Morgan fingerprint density at radius 1 is 1.03 bits per heavy atom. The fourth-order valence-electron chi connectivity index (χ4n) is 2.51. The molecule has 0 saturated carbocycles. The van der Waals surface area contributed by atoms with Crippen LogP contribution >= 0.6 is 0 Å². The van der Waals surface area contributed by atoms with Gasteiger partial charge in [-0.15, -0.1) is 0 Å². The zero-order chi connectivity index (χ0) is 21.4. The van der Waals surface area contributed by atoms with Gasteiger partial charge in [0, 0.05) is 22.8 Å². The van der Waals surface area contributed by atoms with Crippen LogP contribution in [0.3, 0.4) is 0 Å². The fraction of sp³-hybridized carbons (Fsp3) is 0.300. The van der Waals surface area contributed by atoms with E-state index in [9.17, 15) is 19.7 Å². The molecule has 0 aromatic heterocycles. The number of carbonyl (C=O) groups excluding carboxylic acids is 2. The van der Waals surface area contributed by atoms with Crippen molar-refractivity contribution in [3.8, 4) is 11.5 Å². The number of unbranched alkanes of at least 4 members (excludes halogenated alkanes) is 1. The standard InChI is InChI=1S/C20H23N3O6/c1-4-5-10-29-17-9-7-15(12-18(17)28-3)20(25)22-21-19(24)14-6-8-16(23(26)27)13(2)11-14/h6-9,11-12H,4-5,10H2,1-3H3,(H,21,24)(H,22,25). The molecule has 2 aromatic carbocycles. The second kappa shape index (κ2) is 10.1. The number of hydrazine groups is 1. The molecule has 2 N–H and O–H groups in total. The highest BCUT2D eigenvalue weighted by Crippen LogP contribution is 2.28. The number of benzene rings is 2. The van der Waals surface area contributed by atoms with E-state index in [-0.39, 0.29) is 16.8 Å². The van der Waals surface area contributed by atoms with Gasteiger partial charge < -0.3 is 9.47 Å². The summed E-state index contributed by atoms with van der Waals surface area (Å²) in [6.45, 7) is 4.13. The number of ether oxygens (including phenoxy) is 2. The SMILES string of the molecule is CCCCOc1ccc(C(=O)NNC(=O)c2ccc([N+](=O)[O-])c(C)c2)cc1OC. The van der Waals surface area contributed by atoms with Crippen molar-refractivity contribution in [1.82, 2.24) is 10.9 Å². The molecule has 2 rings (SSSR count). The lowest BCUT2D eigenvalue weighted by Gasteiger charge is -2.12. The Hall–Kier alpha value is -3.62. The van der Waals surface area contributed by atoms with Crippen LogP contribution < -0.4 is 20.3 Å². The average Bonchev–Trinajstić information content (AvgIpc) is 2.71. The molecule has 0 heterocycles. The highest BCUT2D eigenvalue weighted by Gasteiger charge is 2.15. The smallest absolute Gasteiger partial charge is 0.272 e. The first-order valence-corrected chi connectivity index (χ1v) is 9.04. The third kappa shape index (κ3) is 5.68. The molecule has 154 valence electrons. The molecule has 0 bridgehead atoms. The van der Waals surface area contributed by atoms with E-state index in [0.717, 1.165) is 12.8 Å². The van der Waals surface area contributed by atoms with E-state index in [2.05, 4.69) is 17.8 Å². The molecule has 2 amide bonds. The quantitative estimate of drug-likeness (QED) is 0.398. The van der Waals surface area contributed by atoms with Crippen LogP contribution in [0.15, 0.2) is 36.4 Å². The number of nitrogens with one attached hydrogen (secondary N) is 2. The molecule has 0 atom stereocenters. The van der Waals surface area contributed by atoms with Crippen molar-refractivity contribution in [1.29, 1.82) is 0 Å². The van der Waals surface area contributed by atoms with Gasteiger partial charge in [0.25, 0.3) is 17.5 Å². The van der Waals surface area contributed by atoms with E-state index in [1.54, 1.807) is 12.1 Å².